The third kappa shape index (κ3) is 5.27. The first-order valence-electron chi connectivity index (χ1n) is 3.10. The number of halogens is 1. The molecule has 0 saturated heterocycles. The predicted octanol–water partition coefficient (Wildman–Crippen LogP) is 1.38. The van der Waals surface area contributed by atoms with E-state index >= 15 is 0 Å². The van der Waals surface area contributed by atoms with Crippen molar-refractivity contribution in [1.82, 2.24) is 0 Å². The molecule has 0 aromatic heterocycles. The Morgan fingerprint density at radius 3 is 2.40 bits per heavy atom. The van der Waals surface area contributed by atoms with Crippen LogP contribution >= 0.6 is 0 Å². The van der Waals surface area contributed by atoms with E-state index in [9.17, 15) is 4.39 Å². The fraction of sp³-hybridized carbons (Fsp3) is 0.714. The van der Waals surface area contributed by atoms with Crippen LogP contribution < -0.4 is 0 Å². The molecule has 0 bridgehead atoms. The average Bonchev–Trinajstić information content (AvgIpc) is 1.87. The summed E-state index contributed by atoms with van der Waals surface area (Å²) >= 11 is 0. The van der Waals surface area contributed by atoms with E-state index in [1.807, 2.05) is 6.92 Å². The summed E-state index contributed by atoms with van der Waals surface area (Å²) in [5, 5.41) is 8.27. The van der Waals surface area contributed by atoms with Gasteiger partial charge in [0.05, 0.1) is 0 Å². The number of hydrogen-bond donors (Lipinski definition) is 1. The minimum absolute atomic E-state index is 0. The minimum Gasteiger partial charge on any atom is -0.428 e. The van der Waals surface area contributed by atoms with Crippen LogP contribution in [-0.2, 0) is 18.6 Å². The molecule has 10 heavy (non-hydrogen) atoms. The summed E-state index contributed by atoms with van der Waals surface area (Å²) in [6.45, 7) is 3.40. The third-order valence-corrected chi connectivity index (χ3v) is 1.36. The van der Waals surface area contributed by atoms with E-state index in [1.165, 1.54) is 6.42 Å². The average molecular weight is 183 g/mol. The molecule has 0 spiro atoms. The molecule has 0 amide bonds. The van der Waals surface area contributed by atoms with Gasteiger partial charge in [-0.1, -0.05) is 13.5 Å². The molecule has 0 saturated carbocycles. The molecule has 1 radical (unpaired) electrons. The van der Waals surface area contributed by atoms with Crippen molar-refractivity contribution < 1.29 is 28.1 Å². The van der Waals surface area contributed by atoms with Gasteiger partial charge >= 0.3 is 18.6 Å². The molecule has 1 nitrogen and oxygen atoms in total. The first kappa shape index (κ1) is 13.1. The second-order valence-electron chi connectivity index (χ2n) is 2.06. The number of hydrogen-bond acceptors (Lipinski definition) is 1. The van der Waals surface area contributed by atoms with Crippen LogP contribution in [-0.4, -0.2) is 17.9 Å². The summed E-state index contributed by atoms with van der Waals surface area (Å²) in [5.74, 6) is -0.0860. The van der Waals surface area contributed by atoms with Crippen molar-refractivity contribution in [1.29, 1.82) is 0 Å². The topological polar surface area (TPSA) is 20.2 Å². The van der Waals surface area contributed by atoms with E-state index in [-0.39, 0.29) is 31.1 Å². The Balaban J connectivity index is 0. The predicted molar refractivity (Wildman–Crippen MR) is 35.4 cm³/mol. The van der Waals surface area contributed by atoms with Crippen LogP contribution in [0.5, 0.6) is 0 Å². The molecule has 1 N–H and O–H groups in total. The normalized spacial score (nSPS) is 15.6. The van der Waals surface area contributed by atoms with Crippen LogP contribution in [0.25, 0.3) is 0 Å². The number of alkyl halides is 1. The minimum atomic E-state index is -1.00. The van der Waals surface area contributed by atoms with Crippen molar-refractivity contribution in [3.05, 3.63) is 12.8 Å². The second-order valence-corrected chi connectivity index (χ2v) is 2.06. The Labute approximate surface area is 73.9 Å². The second kappa shape index (κ2) is 7.58. The van der Waals surface area contributed by atoms with Gasteiger partial charge in [0.25, 0.3) is 0 Å². The number of rotatable bonds is 4. The molecular weight excluding hydrogens is 170 g/mol. The zero-order valence-electron chi connectivity index (χ0n) is 6.29. The molecule has 2 atom stereocenters. The van der Waals surface area contributed by atoms with Crippen molar-refractivity contribution in [2.75, 3.05) is 6.61 Å². The summed E-state index contributed by atoms with van der Waals surface area (Å²) < 4.78 is 12.6. The Kier molecular flexibility index (Phi) is 9.92. The maximum Gasteiger partial charge on any atom is 2.00 e. The van der Waals surface area contributed by atoms with Gasteiger partial charge in [0.1, 0.15) is 0 Å². The van der Waals surface area contributed by atoms with Gasteiger partial charge in [-0.25, -0.2) is 0 Å². The van der Waals surface area contributed by atoms with Gasteiger partial charge in [-0.05, 0) is 6.17 Å². The summed E-state index contributed by atoms with van der Waals surface area (Å²) in [6, 6.07) is 0. The van der Waals surface area contributed by atoms with Crippen LogP contribution in [0.15, 0.2) is 0 Å². The Hall–Kier alpha value is 0.474. The van der Waals surface area contributed by atoms with E-state index in [1.54, 1.807) is 13.3 Å². The molecule has 0 aliphatic rings. The smallest absolute Gasteiger partial charge is 0.428 e. The first-order chi connectivity index (χ1) is 4.22. The van der Waals surface area contributed by atoms with Gasteiger partial charge < -0.3 is 11.5 Å². The van der Waals surface area contributed by atoms with E-state index in [4.69, 9.17) is 5.11 Å². The maximum atomic E-state index is 12.6. The summed E-state index contributed by atoms with van der Waals surface area (Å²) in [4.78, 5) is 0. The molecule has 2 unspecified atom stereocenters. The molecule has 0 rings (SSSR count). The van der Waals surface area contributed by atoms with E-state index in [2.05, 4.69) is 0 Å². The summed E-state index contributed by atoms with van der Waals surface area (Å²) in [6.07, 6.45) is 2.03. The van der Waals surface area contributed by atoms with Gasteiger partial charge in [0, 0.05) is 0 Å². The van der Waals surface area contributed by atoms with Crippen molar-refractivity contribution in [2.45, 2.75) is 20.0 Å². The maximum absolute atomic E-state index is 12.6. The van der Waals surface area contributed by atoms with Crippen LogP contribution in [0.1, 0.15) is 13.8 Å². The van der Waals surface area contributed by atoms with Crippen molar-refractivity contribution in [3.8, 4) is 0 Å². The van der Waals surface area contributed by atoms with Crippen molar-refractivity contribution in [3.63, 3.8) is 0 Å². The van der Waals surface area contributed by atoms with Crippen molar-refractivity contribution in [2.24, 2.45) is 5.92 Å². The molecule has 0 aliphatic heterocycles. The third-order valence-electron chi connectivity index (χ3n) is 1.36. The number of aliphatic hydroxyl groups is 1. The van der Waals surface area contributed by atoms with Gasteiger partial charge in [-0.2, -0.15) is 12.8 Å². The largest absolute Gasteiger partial charge is 2.00 e. The Bertz CT molecular complexity index is 70.6. The van der Waals surface area contributed by atoms with E-state index in [0.717, 1.165) is 0 Å². The quantitative estimate of drug-likeness (QED) is 0.653. The molecular formula is C7H13FOV. The van der Waals surface area contributed by atoms with Gasteiger partial charge in [0.15, 0.2) is 0 Å². The SMILES string of the molecule is C[CH-]C(C)C(F)[CH-]CO.[V+2]. The molecule has 59 valence electrons. The van der Waals surface area contributed by atoms with Crippen LogP contribution in [0.2, 0.25) is 0 Å². The van der Waals surface area contributed by atoms with Gasteiger partial charge in [0.2, 0.25) is 0 Å². The Morgan fingerprint density at radius 2 is 2.10 bits per heavy atom. The fourth-order valence-corrected chi connectivity index (χ4v) is 0.499. The molecule has 3 heteroatoms. The molecule has 0 aliphatic carbocycles. The van der Waals surface area contributed by atoms with Gasteiger partial charge in [-0.15, -0.1) is 0 Å². The first-order valence-corrected chi connectivity index (χ1v) is 3.10. The summed E-state index contributed by atoms with van der Waals surface area (Å²) in [7, 11) is 0. The van der Waals surface area contributed by atoms with E-state index in [0.29, 0.717) is 0 Å². The summed E-state index contributed by atoms with van der Waals surface area (Å²) in [5.41, 5.74) is 0. The standard InChI is InChI=1S/C7H13FO.V/c1-3-6(2)7(8)4-5-9;/h3-4,6-7,9H,5H2,1-2H3;/q-2;+2. The molecule has 0 heterocycles. The van der Waals surface area contributed by atoms with Crippen LogP contribution in [0.4, 0.5) is 4.39 Å². The Morgan fingerprint density at radius 1 is 1.60 bits per heavy atom. The monoisotopic (exact) mass is 183 g/mol. The molecule has 0 aromatic rings. The zero-order chi connectivity index (χ0) is 7.28. The van der Waals surface area contributed by atoms with Gasteiger partial charge in [-0.3, -0.25) is 10.8 Å². The fourth-order valence-electron chi connectivity index (χ4n) is 0.499. The van der Waals surface area contributed by atoms with Crippen LogP contribution in [0, 0.1) is 18.8 Å². The van der Waals surface area contributed by atoms with Crippen LogP contribution in [0.3, 0.4) is 0 Å². The number of aliphatic hydroxyl groups excluding tert-OH is 1. The van der Waals surface area contributed by atoms with E-state index < -0.39 is 6.17 Å². The molecule has 0 aromatic carbocycles. The zero-order valence-corrected chi connectivity index (χ0v) is 7.69. The molecule has 0 fully saturated rings. The van der Waals surface area contributed by atoms with Crippen molar-refractivity contribution >= 4 is 0 Å².